The van der Waals surface area contributed by atoms with E-state index in [0.29, 0.717) is 46.9 Å². The van der Waals surface area contributed by atoms with Gasteiger partial charge < -0.3 is 19.4 Å². The van der Waals surface area contributed by atoms with Crippen LogP contribution < -0.4 is 15.0 Å². The highest BCUT2D eigenvalue weighted by atomic mass is 35.5. The fourth-order valence-electron chi connectivity index (χ4n) is 6.33. The number of nitrogens with zero attached hydrogens (tertiary/aromatic N) is 6. The van der Waals surface area contributed by atoms with Crippen LogP contribution in [0.4, 0.5) is 10.2 Å². The Morgan fingerprint density at radius 2 is 1.81 bits per heavy atom. The predicted molar refractivity (Wildman–Crippen MR) is 162 cm³/mol. The average molecular weight is 580 g/mol. The van der Waals surface area contributed by atoms with Crippen molar-refractivity contribution < 1.29 is 9.13 Å². The molecule has 42 heavy (non-hydrogen) atoms. The molecular weight excluding hydrogens is 553 g/mol. The molecule has 2 atom stereocenters. The summed E-state index contributed by atoms with van der Waals surface area (Å²) in [5, 5.41) is 6.43. The van der Waals surface area contributed by atoms with E-state index in [1.165, 1.54) is 0 Å². The van der Waals surface area contributed by atoms with Crippen LogP contribution in [0.1, 0.15) is 18.5 Å². The van der Waals surface area contributed by atoms with E-state index in [9.17, 15) is 0 Å². The molecule has 0 unspecified atom stereocenters. The fraction of sp³-hybridized carbons (Fsp3) is 0.250. The Bertz CT molecular complexity index is 1930. The van der Waals surface area contributed by atoms with Gasteiger partial charge >= 0.3 is 6.01 Å². The van der Waals surface area contributed by atoms with Crippen LogP contribution in [0.2, 0.25) is 5.02 Å². The first-order chi connectivity index (χ1) is 20.6. The highest BCUT2D eigenvalue weighted by molar-refractivity contribution is 6.36. The molecular formula is C32H27ClFN7O. The molecule has 8 rings (SSSR count). The lowest BCUT2D eigenvalue weighted by molar-refractivity contribution is 0.296. The molecule has 0 saturated carbocycles. The molecule has 1 N–H and O–H groups in total. The molecule has 210 valence electrons. The van der Waals surface area contributed by atoms with Crippen LogP contribution in [-0.2, 0) is 6.42 Å². The molecule has 10 heteroatoms. The number of ether oxygens (including phenoxy) is 1. The highest BCUT2D eigenvalue weighted by Gasteiger charge is 2.34. The van der Waals surface area contributed by atoms with Gasteiger partial charge in [-0.1, -0.05) is 48.0 Å². The number of rotatable bonds is 6. The van der Waals surface area contributed by atoms with Gasteiger partial charge in [-0.15, -0.1) is 0 Å². The van der Waals surface area contributed by atoms with Crippen molar-refractivity contribution in [3.8, 4) is 17.3 Å². The van der Waals surface area contributed by atoms with Crippen LogP contribution >= 0.6 is 11.6 Å². The van der Waals surface area contributed by atoms with E-state index >= 15 is 4.39 Å². The predicted octanol–water partition coefficient (Wildman–Crippen LogP) is 5.85. The topological polar surface area (TPSA) is 80.5 Å². The van der Waals surface area contributed by atoms with Crippen LogP contribution in [0, 0.1) is 5.82 Å². The van der Waals surface area contributed by atoms with Gasteiger partial charge in [0.25, 0.3) is 0 Å². The number of piperazine rings is 1. The van der Waals surface area contributed by atoms with Crippen molar-refractivity contribution in [1.29, 1.82) is 0 Å². The number of pyridine rings is 2. The summed E-state index contributed by atoms with van der Waals surface area (Å²) in [7, 11) is 0. The van der Waals surface area contributed by atoms with Gasteiger partial charge in [0.1, 0.15) is 22.7 Å². The van der Waals surface area contributed by atoms with Crippen molar-refractivity contribution in [2.75, 3.05) is 24.6 Å². The Hall–Kier alpha value is -4.34. The minimum absolute atomic E-state index is 0.138. The van der Waals surface area contributed by atoms with Gasteiger partial charge in [-0.25, -0.2) is 9.37 Å². The number of fused-ring (bicyclic) bond motifs is 5. The van der Waals surface area contributed by atoms with E-state index in [1.807, 2.05) is 65.3 Å². The van der Waals surface area contributed by atoms with Crippen LogP contribution in [0.3, 0.4) is 0 Å². The summed E-state index contributed by atoms with van der Waals surface area (Å²) in [6, 6.07) is 18.1. The SMILES string of the molecule is Fc1c(-c2cccc3cccc(Cl)c23)ncc2c(N3C[C@H]4CC[C@@H](C3)N4)nc(OCCc3cn4ccccc4n3)nc12. The van der Waals surface area contributed by atoms with Gasteiger partial charge in [0, 0.05) is 66.2 Å². The normalized spacial score (nSPS) is 18.4. The summed E-state index contributed by atoms with van der Waals surface area (Å²) in [6.45, 7) is 1.87. The number of nitrogens with one attached hydrogen (secondary N) is 1. The van der Waals surface area contributed by atoms with Crippen molar-refractivity contribution in [3.63, 3.8) is 0 Å². The third-order valence-corrected chi connectivity index (χ3v) is 8.59. The molecule has 4 aromatic heterocycles. The Balaban J connectivity index is 1.20. The lowest BCUT2D eigenvalue weighted by atomic mass is 10.0. The standard InChI is InChI=1S/C32H27ClFN7O/c33-25-8-4-6-19-5-3-7-23(27(19)25)29-28(34)30-24(15-35-29)31(41-17-20-10-11-21(18-41)36-20)39-32(38-30)42-14-12-22-16-40-13-2-1-9-26(40)37-22/h1-9,13,15-16,20-21,36H,10-12,14,17-18H2/t20-,21+. The molecule has 2 fully saturated rings. The number of imidazole rings is 1. The van der Waals surface area contributed by atoms with Gasteiger partial charge in [0.05, 0.1) is 17.7 Å². The van der Waals surface area contributed by atoms with Gasteiger partial charge in [-0.3, -0.25) is 4.98 Å². The van der Waals surface area contributed by atoms with Gasteiger partial charge in [0.2, 0.25) is 0 Å². The average Bonchev–Trinajstić information content (AvgIpc) is 3.58. The van der Waals surface area contributed by atoms with Gasteiger partial charge in [-0.2, -0.15) is 9.97 Å². The van der Waals surface area contributed by atoms with Crippen molar-refractivity contribution >= 4 is 44.7 Å². The third-order valence-electron chi connectivity index (χ3n) is 8.27. The third kappa shape index (κ3) is 4.40. The first-order valence-corrected chi connectivity index (χ1v) is 14.6. The summed E-state index contributed by atoms with van der Waals surface area (Å²) in [5.41, 5.74) is 2.77. The van der Waals surface area contributed by atoms with E-state index in [0.717, 1.165) is 48.0 Å². The van der Waals surface area contributed by atoms with E-state index in [1.54, 1.807) is 12.3 Å². The molecule has 2 bridgehead atoms. The summed E-state index contributed by atoms with van der Waals surface area (Å²) < 4.78 is 24.6. The largest absolute Gasteiger partial charge is 0.463 e. The molecule has 2 aliphatic heterocycles. The Morgan fingerprint density at radius 1 is 0.976 bits per heavy atom. The first-order valence-electron chi connectivity index (χ1n) is 14.2. The molecule has 0 radical (unpaired) electrons. The highest BCUT2D eigenvalue weighted by Crippen LogP contribution is 2.38. The smallest absolute Gasteiger partial charge is 0.319 e. The van der Waals surface area contributed by atoms with Crippen LogP contribution in [-0.4, -0.2) is 56.1 Å². The number of hydrogen-bond donors (Lipinski definition) is 1. The zero-order valence-electron chi connectivity index (χ0n) is 22.7. The monoisotopic (exact) mass is 579 g/mol. The Labute approximate surface area is 246 Å². The maximum absolute atomic E-state index is 16.5. The molecule has 0 amide bonds. The second-order valence-corrected chi connectivity index (χ2v) is 11.4. The molecule has 2 saturated heterocycles. The molecule has 0 aliphatic carbocycles. The molecule has 2 aliphatic rings. The lowest BCUT2D eigenvalue weighted by Crippen LogP contribution is -2.51. The minimum atomic E-state index is -0.521. The van der Waals surface area contributed by atoms with Crippen molar-refractivity contribution in [3.05, 3.63) is 89.7 Å². The number of hydrogen-bond acceptors (Lipinski definition) is 7. The van der Waals surface area contributed by atoms with Crippen LogP contribution in [0.25, 0.3) is 38.6 Å². The zero-order chi connectivity index (χ0) is 28.2. The molecule has 8 nitrogen and oxygen atoms in total. The van der Waals surface area contributed by atoms with E-state index < -0.39 is 5.82 Å². The molecule has 6 heterocycles. The molecule has 0 spiro atoms. The lowest BCUT2D eigenvalue weighted by Gasteiger charge is -2.34. The second kappa shape index (κ2) is 10.2. The Morgan fingerprint density at radius 3 is 2.64 bits per heavy atom. The maximum atomic E-state index is 16.5. The van der Waals surface area contributed by atoms with Gasteiger partial charge in [0.15, 0.2) is 5.82 Å². The van der Waals surface area contributed by atoms with Gasteiger partial charge in [-0.05, 0) is 36.4 Å². The van der Waals surface area contributed by atoms with E-state index in [4.69, 9.17) is 21.3 Å². The fourth-order valence-corrected chi connectivity index (χ4v) is 6.62. The van der Waals surface area contributed by atoms with Crippen molar-refractivity contribution in [2.45, 2.75) is 31.3 Å². The van der Waals surface area contributed by atoms with Crippen molar-refractivity contribution in [1.82, 2.24) is 29.7 Å². The summed E-state index contributed by atoms with van der Waals surface area (Å²) in [5.74, 6) is 0.127. The number of aromatic nitrogens is 5. The van der Waals surface area contributed by atoms with E-state index in [-0.39, 0.29) is 17.2 Å². The summed E-state index contributed by atoms with van der Waals surface area (Å²) >= 11 is 6.59. The zero-order valence-corrected chi connectivity index (χ0v) is 23.4. The number of anilines is 1. The van der Waals surface area contributed by atoms with E-state index in [2.05, 4.69) is 25.2 Å². The number of halogens is 2. The quantitative estimate of drug-likeness (QED) is 0.265. The Kier molecular flexibility index (Phi) is 6.15. The summed E-state index contributed by atoms with van der Waals surface area (Å²) in [6.07, 6.45) is 8.42. The number of benzene rings is 2. The van der Waals surface area contributed by atoms with Crippen LogP contribution in [0.5, 0.6) is 6.01 Å². The first kappa shape index (κ1) is 25.4. The maximum Gasteiger partial charge on any atom is 0.319 e. The summed E-state index contributed by atoms with van der Waals surface area (Å²) in [4.78, 5) is 20.9. The van der Waals surface area contributed by atoms with Crippen LogP contribution in [0.15, 0.2) is 73.2 Å². The second-order valence-electron chi connectivity index (χ2n) is 11.0. The molecule has 2 aromatic carbocycles. The minimum Gasteiger partial charge on any atom is -0.463 e. The molecule has 6 aromatic rings. The van der Waals surface area contributed by atoms with Crippen molar-refractivity contribution in [2.24, 2.45) is 0 Å².